The van der Waals surface area contributed by atoms with Crippen molar-refractivity contribution in [2.45, 2.75) is 31.0 Å². The van der Waals surface area contributed by atoms with Crippen LogP contribution in [0.15, 0.2) is 0 Å². The molecule has 4 heteroatoms. The highest BCUT2D eigenvalue weighted by atomic mass is 16.7. The molecule has 2 fully saturated rings. The molecule has 0 amide bonds. The van der Waals surface area contributed by atoms with E-state index in [1.807, 2.05) is 0 Å². The number of methoxy groups -OCH3 is 1. The number of aliphatic hydroxyl groups excluding tert-OH is 1. The van der Waals surface area contributed by atoms with Crippen molar-refractivity contribution >= 4 is 0 Å². The summed E-state index contributed by atoms with van der Waals surface area (Å²) in [6.07, 6.45) is -0.312. The maximum Gasteiger partial charge on any atom is 0.184 e. The molecule has 2 saturated heterocycles. The van der Waals surface area contributed by atoms with Crippen molar-refractivity contribution < 1.29 is 19.3 Å². The third-order valence-corrected chi connectivity index (χ3v) is 2.24. The van der Waals surface area contributed by atoms with Gasteiger partial charge in [0, 0.05) is 13.5 Å². The van der Waals surface area contributed by atoms with E-state index in [0.29, 0.717) is 13.0 Å². The Morgan fingerprint density at radius 1 is 1.55 bits per heavy atom. The maximum atomic E-state index is 9.41. The van der Waals surface area contributed by atoms with Crippen molar-refractivity contribution in [3.8, 4) is 0 Å². The third-order valence-electron chi connectivity index (χ3n) is 2.24. The largest absolute Gasteiger partial charge is 0.390 e. The van der Waals surface area contributed by atoms with Crippen molar-refractivity contribution in [2.75, 3.05) is 13.7 Å². The number of ether oxygens (including phenoxy) is 3. The molecule has 1 N–H and O–H groups in total. The number of fused-ring (bicyclic) bond motifs is 2. The zero-order valence-electron chi connectivity index (χ0n) is 6.40. The Morgan fingerprint density at radius 3 is 3.09 bits per heavy atom. The fraction of sp³-hybridized carbons (Fsp3) is 1.00. The first kappa shape index (κ1) is 7.49. The summed E-state index contributed by atoms with van der Waals surface area (Å²) >= 11 is 0. The lowest BCUT2D eigenvalue weighted by molar-refractivity contribution is -0.190. The minimum Gasteiger partial charge on any atom is -0.390 e. The molecule has 2 bridgehead atoms. The number of hydrogen-bond donors (Lipinski definition) is 1. The first-order chi connectivity index (χ1) is 5.31. The van der Waals surface area contributed by atoms with Gasteiger partial charge in [0.1, 0.15) is 12.2 Å². The molecule has 0 aromatic rings. The van der Waals surface area contributed by atoms with Gasteiger partial charge in [-0.2, -0.15) is 0 Å². The Morgan fingerprint density at radius 2 is 2.36 bits per heavy atom. The van der Waals surface area contributed by atoms with E-state index in [1.165, 1.54) is 0 Å². The monoisotopic (exact) mass is 160 g/mol. The predicted octanol–water partition coefficient (Wildman–Crippen LogP) is -0.493. The van der Waals surface area contributed by atoms with Crippen molar-refractivity contribution in [2.24, 2.45) is 0 Å². The molecule has 0 spiro atoms. The Balaban J connectivity index is 2.05. The molecule has 2 heterocycles. The van der Waals surface area contributed by atoms with E-state index >= 15 is 0 Å². The minimum atomic E-state index is -0.432. The van der Waals surface area contributed by atoms with E-state index in [9.17, 15) is 5.11 Å². The average molecular weight is 160 g/mol. The van der Waals surface area contributed by atoms with Gasteiger partial charge >= 0.3 is 0 Å². The maximum absolute atomic E-state index is 9.41. The summed E-state index contributed by atoms with van der Waals surface area (Å²) in [4.78, 5) is 0. The fourth-order valence-corrected chi connectivity index (χ4v) is 1.55. The third kappa shape index (κ3) is 1.16. The second kappa shape index (κ2) is 2.71. The first-order valence-electron chi connectivity index (χ1n) is 3.79. The summed E-state index contributed by atoms with van der Waals surface area (Å²) in [6, 6.07) is 0. The summed E-state index contributed by atoms with van der Waals surface area (Å²) < 4.78 is 15.6. The van der Waals surface area contributed by atoms with Crippen molar-refractivity contribution in [1.29, 1.82) is 0 Å². The van der Waals surface area contributed by atoms with Crippen molar-refractivity contribution in [3.05, 3.63) is 0 Å². The number of hydrogen-bond acceptors (Lipinski definition) is 4. The zero-order chi connectivity index (χ0) is 7.84. The minimum absolute atomic E-state index is 0.108. The molecule has 64 valence electrons. The van der Waals surface area contributed by atoms with Crippen LogP contribution in [-0.4, -0.2) is 43.4 Å². The highest BCUT2D eigenvalue weighted by molar-refractivity contribution is 4.86. The normalized spacial score (nSPS) is 49.6. The van der Waals surface area contributed by atoms with Gasteiger partial charge in [-0.15, -0.1) is 0 Å². The quantitative estimate of drug-likeness (QED) is 0.562. The topological polar surface area (TPSA) is 47.9 Å². The van der Waals surface area contributed by atoms with Crippen LogP contribution in [0, 0.1) is 0 Å². The average Bonchev–Trinajstić information content (AvgIpc) is 2.43. The van der Waals surface area contributed by atoms with Gasteiger partial charge in [-0.3, -0.25) is 0 Å². The SMILES string of the molecule is COC1CC(O)C2COC1O2. The van der Waals surface area contributed by atoms with Gasteiger partial charge in [0.2, 0.25) is 0 Å². The van der Waals surface area contributed by atoms with Gasteiger partial charge in [-0.05, 0) is 0 Å². The summed E-state index contributed by atoms with van der Waals surface area (Å²) in [6.45, 7) is 0.492. The molecule has 2 aliphatic heterocycles. The van der Waals surface area contributed by atoms with E-state index in [1.54, 1.807) is 7.11 Å². The van der Waals surface area contributed by atoms with E-state index in [4.69, 9.17) is 14.2 Å². The molecule has 0 aliphatic carbocycles. The van der Waals surface area contributed by atoms with Crippen LogP contribution >= 0.6 is 0 Å². The molecule has 0 aromatic heterocycles. The lowest BCUT2D eigenvalue weighted by Crippen LogP contribution is -2.42. The molecule has 0 saturated carbocycles. The lowest BCUT2D eigenvalue weighted by Gasteiger charge is -2.29. The summed E-state index contributed by atoms with van der Waals surface area (Å²) in [5.41, 5.74) is 0. The molecule has 2 rings (SSSR count). The highest BCUT2D eigenvalue weighted by Crippen LogP contribution is 2.28. The van der Waals surface area contributed by atoms with Gasteiger partial charge in [-0.1, -0.05) is 0 Å². The second-order valence-electron chi connectivity index (χ2n) is 2.95. The van der Waals surface area contributed by atoms with Crippen LogP contribution in [0.4, 0.5) is 0 Å². The molecule has 2 aliphatic rings. The van der Waals surface area contributed by atoms with E-state index < -0.39 is 6.10 Å². The van der Waals surface area contributed by atoms with Crippen LogP contribution in [0.2, 0.25) is 0 Å². The van der Waals surface area contributed by atoms with E-state index in [-0.39, 0.29) is 18.5 Å². The van der Waals surface area contributed by atoms with Gasteiger partial charge in [-0.25, -0.2) is 0 Å². The van der Waals surface area contributed by atoms with Crippen molar-refractivity contribution in [1.82, 2.24) is 0 Å². The Kier molecular flexibility index (Phi) is 1.85. The van der Waals surface area contributed by atoms with Crippen LogP contribution in [-0.2, 0) is 14.2 Å². The number of rotatable bonds is 1. The summed E-state index contributed by atoms with van der Waals surface area (Å²) in [5.74, 6) is 0. The predicted molar refractivity (Wildman–Crippen MR) is 36.0 cm³/mol. The Labute approximate surface area is 65.1 Å². The summed E-state index contributed by atoms with van der Waals surface area (Å²) in [7, 11) is 1.60. The van der Waals surface area contributed by atoms with Gasteiger partial charge in [0.05, 0.1) is 12.7 Å². The van der Waals surface area contributed by atoms with Crippen LogP contribution in [0.3, 0.4) is 0 Å². The smallest absolute Gasteiger partial charge is 0.184 e. The van der Waals surface area contributed by atoms with Gasteiger partial charge in [0.15, 0.2) is 6.29 Å². The van der Waals surface area contributed by atoms with Gasteiger partial charge < -0.3 is 19.3 Å². The van der Waals surface area contributed by atoms with Crippen LogP contribution in [0.25, 0.3) is 0 Å². The highest BCUT2D eigenvalue weighted by Gasteiger charge is 2.43. The van der Waals surface area contributed by atoms with Crippen LogP contribution in [0.5, 0.6) is 0 Å². The van der Waals surface area contributed by atoms with E-state index in [2.05, 4.69) is 0 Å². The fourth-order valence-electron chi connectivity index (χ4n) is 1.55. The molecule has 0 aromatic carbocycles. The van der Waals surface area contributed by atoms with E-state index in [0.717, 1.165) is 0 Å². The van der Waals surface area contributed by atoms with Crippen LogP contribution in [0.1, 0.15) is 6.42 Å². The van der Waals surface area contributed by atoms with Gasteiger partial charge in [0.25, 0.3) is 0 Å². The summed E-state index contributed by atoms with van der Waals surface area (Å²) in [5, 5.41) is 9.41. The van der Waals surface area contributed by atoms with Crippen LogP contribution < -0.4 is 0 Å². The zero-order valence-corrected chi connectivity index (χ0v) is 6.40. The molecule has 4 unspecified atom stereocenters. The van der Waals surface area contributed by atoms with Crippen molar-refractivity contribution in [3.63, 3.8) is 0 Å². The lowest BCUT2D eigenvalue weighted by atomic mass is 10.1. The molecule has 11 heavy (non-hydrogen) atoms. The standard InChI is InChI=1S/C7H12O4/c1-9-5-2-4(8)6-3-10-7(5)11-6/h4-8H,2-3H2,1H3. The second-order valence-corrected chi connectivity index (χ2v) is 2.95. The molecular formula is C7H12O4. The number of aliphatic hydroxyl groups is 1. The molecule has 4 atom stereocenters. The molecular weight excluding hydrogens is 148 g/mol. The molecule has 0 radical (unpaired) electrons. The Bertz CT molecular complexity index is 149. The Hall–Kier alpha value is -0.160. The molecule has 4 nitrogen and oxygen atoms in total. The first-order valence-corrected chi connectivity index (χ1v) is 3.79.